The van der Waals surface area contributed by atoms with E-state index in [-0.39, 0.29) is 0 Å². The van der Waals surface area contributed by atoms with Crippen molar-refractivity contribution in [1.82, 2.24) is 0 Å². The Morgan fingerprint density at radius 1 is 1.40 bits per heavy atom. The van der Waals surface area contributed by atoms with E-state index < -0.39 is 11.6 Å². The Balaban J connectivity index is 2.21. The number of carboxylic acid groups (broad SMARTS) is 1. The lowest BCUT2D eigenvalue weighted by Crippen LogP contribution is -2.29. The van der Waals surface area contributed by atoms with Crippen molar-refractivity contribution in [3.05, 3.63) is 29.3 Å². The molecule has 0 spiro atoms. The van der Waals surface area contributed by atoms with Gasteiger partial charge in [-0.15, -0.1) is 0 Å². The van der Waals surface area contributed by atoms with Crippen molar-refractivity contribution in [1.29, 1.82) is 0 Å². The molecule has 0 atom stereocenters. The molecule has 0 bridgehead atoms. The standard InChI is InChI=1S/C12H14O3/c1-8-3-4-10(9(2)7-8)15-12(5-6-12)11(13)14/h3-4,7H,5-6H2,1-2H3,(H,13,14). The fourth-order valence-corrected chi connectivity index (χ4v) is 1.60. The molecule has 2 rings (SSSR count). The molecule has 0 heterocycles. The van der Waals surface area contributed by atoms with Crippen LogP contribution in [0.3, 0.4) is 0 Å². The maximum Gasteiger partial charge on any atom is 0.348 e. The van der Waals surface area contributed by atoms with Gasteiger partial charge in [-0.1, -0.05) is 17.7 Å². The van der Waals surface area contributed by atoms with Gasteiger partial charge in [0.15, 0.2) is 0 Å². The average molecular weight is 206 g/mol. The molecule has 0 unspecified atom stereocenters. The maximum atomic E-state index is 10.9. The Bertz CT molecular complexity index is 405. The molecule has 3 heteroatoms. The molecule has 15 heavy (non-hydrogen) atoms. The molecule has 1 N–H and O–H groups in total. The van der Waals surface area contributed by atoms with Crippen LogP contribution >= 0.6 is 0 Å². The summed E-state index contributed by atoms with van der Waals surface area (Å²) >= 11 is 0. The summed E-state index contributed by atoms with van der Waals surface area (Å²) in [5.41, 5.74) is 1.20. The zero-order chi connectivity index (χ0) is 11.1. The summed E-state index contributed by atoms with van der Waals surface area (Å²) in [6.07, 6.45) is 1.21. The minimum absolute atomic E-state index is 0.607. The number of aliphatic carboxylic acids is 1. The smallest absolute Gasteiger partial charge is 0.348 e. The molecule has 1 saturated carbocycles. The van der Waals surface area contributed by atoms with Crippen LogP contribution in [0.2, 0.25) is 0 Å². The topological polar surface area (TPSA) is 46.5 Å². The highest BCUT2D eigenvalue weighted by molar-refractivity contribution is 5.81. The SMILES string of the molecule is Cc1ccc(OC2(C(=O)O)CC2)c(C)c1. The van der Waals surface area contributed by atoms with Crippen LogP contribution in [-0.4, -0.2) is 16.7 Å². The van der Waals surface area contributed by atoms with Crippen molar-refractivity contribution >= 4 is 5.97 Å². The molecule has 0 radical (unpaired) electrons. The van der Waals surface area contributed by atoms with Gasteiger partial charge in [0.2, 0.25) is 5.60 Å². The Labute approximate surface area is 88.7 Å². The van der Waals surface area contributed by atoms with Crippen molar-refractivity contribution in [3.8, 4) is 5.75 Å². The summed E-state index contributed by atoms with van der Waals surface area (Å²) in [6, 6.07) is 5.77. The van der Waals surface area contributed by atoms with E-state index in [0.29, 0.717) is 18.6 Å². The molecule has 0 aliphatic heterocycles. The van der Waals surface area contributed by atoms with Crippen LogP contribution in [0.15, 0.2) is 18.2 Å². The van der Waals surface area contributed by atoms with E-state index in [4.69, 9.17) is 9.84 Å². The first kappa shape index (κ1) is 10.0. The van der Waals surface area contributed by atoms with Gasteiger partial charge in [0.25, 0.3) is 0 Å². The Morgan fingerprint density at radius 2 is 2.07 bits per heavy atom. The normalized spacial score (nSPS) is 17.2. The molecule has 1 aromatic carbocycles. The molecule has 0 amide bonds. The minimum atomic E-state index is -0.944. The number of hydrogen-bond acceptors (Lipinski definition) is 2. The zero-order valence-electron chi connectivity index (χ0n) is 8.91. The van der Waals surface area contributed by atoms with Crippen molar-refractivity contribution in [2.45, 2.75) is 32.3 Å². The van der Waals surface area contributed by atoms with Gasteiger partial charge in [0.05, 0.1) is 0 Å². The molecule has 1 fully saturated rings. The molecule has 0 saturated heterocycles. The van der Waals surface area contributed by atoms with Crippen LogP contribution in [0, 0.1) is 13.8 Å². The van der Waals surface area contributed by atoms with Crippen LogP contribution in [0.1, 0.15) is 24.0 Å². The molecule has 80 valence electrons. The maximum absolute atomic E-state index is 10.9. The second-order valence-electron chi connectivity index (χ2n) is 4.17. The fourth-order valence-electron chi connectivity index (χ4n) is 1.60. The van der Waals surface area contributed by atoms with E-state index in [2.05, 4.69) is 0 Å². The van der Waals surface area contributed by atoms with E-state index in [9.17, 15) is 4.79 Å². The highest BCUT2D eigenvalue weighted by Gasteiger charge is 2.53. The Kier molecular flexibility index (Phi) is 2.18. The van der Waals surface area contributed by atoms with E-state index in [0.717, 1.165) is 11.1 Å². The van der Waals surface area contributed by atoms with Gasteiger partial charge < -0.3 is 9.84 Å². The second kappa shape index (κ2) is 3.26. The van der Waals surface area contributed by atoms with Gasteiger partial charge in [0.1, 0.15) is 5.75 Å². The molecule has 3 nitrogen and oxygen atoms in total. The highest BCUT2D eigenvalue weighted by Crippen LogP contribution is 2.41. The molecular weight excluding hydrogens is 192 g/mol. The number of carboxylic acids is 1. The third-order valence-corrected chi connectivity index (χ3v) is 2.73. The highest BCUT2D eigenvalue weighted by atomic mass is 16.5. The number of carbonyl (C=O) groups is 1. The van der Waals surface area contributed by atoms with Gasteiger partial charge >= 0.3 is 5.97 Å². The lowest BCUT2D eigenvalue weighted by Gasteiger charge is -2.15. The fraction of sp³-hybridized carbons (Fsp3) is 0.417. The second-order valence-corrected chi connectivity index (χ2v) is 4.17. The number of ether oxygens (including phenoxy) is 1. The van der Waals surface area contributed by atoms with Gasteiger partial charge in [0, 0.05) is 12.8 Å². The van der Waals surface area contributed by atoms with E-state index in [1.807, 2.05) is 32.0 Å². The first-order valence-electron chi connectivity index (χ1n) is 5.03. The molecular formula is C12H14O3. The van der Waals surface area contributed by atoms with Crippen molar-refractivity contribution in [3.63, 3.8) is 0 Å². The Hall–Kier alpha value is -1.51. The van der Waals surface area contributed by atoms with Crippen LogP contribution in [-0.2, 0) is 4.79 Å². The van der Waals surface area contributed by atoms with E-state index in [1.54, 1.807) is 0 Å². The summed E-state index contributed by atoms with van der Waals surface area (Å²) < 4.78 is 5.56. The summed E-state index contributed by atoms with van der Waals surface area (Å²) in [7, 11) is 0. The quantitative estimate of drug-likeness (QED) is 0.825. The van der Waals surface area contributed by atoms with Crippen molar-refractivity contribution in [2.75, 3.05) is 0 Å². The third-order valence-electron chi connectivity index (χ3n) is 2.73. The molecule has 1 aliphatic carbocycles. The summed E-state index contributed by atoms with van der Waals surface area (Å²) in [5, 5.41) is 8.99. The first-order chi connectivity index (χ1) is 7.03. The predicted octanol–water partition coefficient (Wildman–Crippen LogP) is 2.30. The van der Waals surface area contributed by atoms with Crippen LogP contribution < -0.4 is 4.74 Å². The zero-order valence-corrected chi connectivity index (χ0v) is 8.91. The number of hydrogen-bond donors (Lipinski definition) is 1. The molecule has 0 aromatic heterocycles. The van der Waals surface area contributed by atoms with E-state index >= 15 is 0 Å². The third kappa shape index (κ3) is 1.82. The van der Waals surface area contributed by atoms with Gasteiger partial charge in [-0.3, -0.25) is 0 Å². The van der Waals surface area contributed by atoms with Crippen molar-refractivity contribution < 1.29 is 14.6 Å². The van der Waals surface area contributed by atoms with Crippen LogP contribution in [0.25, 0.3) is 0 Å². The van der Waals surface area contributed by atoms with Gasteiger partial charge in [-0.05, 0) is 25.5 Å². The predicted molar refractivity (Wildman–Crippen MR) is 56.1 cm³/mol. The monoisotopic (exact) mass is 206 g/mol. The largest absolute Gasteiger partial charge is 0.478 e. The summed E-state index contributed by atoms with van der Waals surface area (Å²) in [6.45, 7) is 3.93. The van der Waals surface area contributed by atoms with Crippen LogP contribution in [0.5, 0.6) is 5.75 Å². The Morgan fingerprint density at radius 3 is 2.53 bits per heavy atom. The lowest BCUT2D eigenvalue weighted by molar-refractivity contribution is -0.147. The summed E-state index contributed by atoms with van der Waals surface area (Å²) in [5.74, 6) is -0.178. The molecule has 1 aliphatic rings. The summed E-state index contributed by atoms with van der Waals surface area (Å²) in [4.78, 5) is 10.9. The number of aryl methyl sites for hydroxylation is 2. The average Bonchev–Trinajstić information content (AvgIpc) is 2.91. The van der Waals surface area contributed by atoms with Crippen molar-refractivity contribution in [2.24, 2.45) is 0 Å². The van der Waals surface area contributed by atoms with Crippen LogP contribution in [0.4, 0.5) is 0 Å². The number of rotatable bonds is 3. The lowest BCUT2D eigenvalue weighted by atomic mass is 10.1. The molecule has 1 aromatic rings. The van der Waals surface area contributed by atoms with E-state index in [1.165, 1.54) is 0 Å². The first-order valence-corrected chi connectivity index (χ1v) is 5.03. The number of benzene rings is 1. The van der Waals surface area contributed by atoms with Gasteiger partial charge in [-0.25, -0.2) is 4.79 Å². The minimum Gasteiger partial charge on any atom is -0.478 e. The van der Waals surface area contributed by atoms with Gasteiger partial charge in [-0.2, -0.15) is 0 Å².